The molecule has 0 amide bonds. The van der Waals surface area contributed by atoms with Gasteiger partial charge in [0.1, 0.15) is 6.29 Å². The molecular weight excluding hydrogens is 124 g/mol. The molecule has 0 aromatic carbocycles. The minimum Gasteiger partial charge on any atom is -0.303 e. The van der Waals surface area contributed by atoms with E-state index in [1.165, 1.54) is 6.29 Å². The molecule has 10 heavy (non-hydrogen) atoms. The van der Waals surface area contributed by atoms with E-state index >= 15 is 0 Å². The summed E-state index contributed by atoms with van der Waals surface area (Å²) in [4.78, 5) is 10.8. The summed E-state index contributed by atoms with van der Waals surface area (Å²) in [6.07, 6.45) is 5.81. The standard InChI is InChI=1S/C9H8O/c10-3-9-4-1-2-5(9)7-6(4)8(7)9/h1-8H. The molecule has 0 aromatic rings. The van der Waals surface area contributed by atoms with Gasteiger partial charge in [0, 0.05) is 5.41 Å². The largest absolute Gasteiger partial charge is 0.303 e. The highest BCUT2D eigenvalue weighted by Crippen LogP contribution is 2.91. The fourth-order valence-corrected chi connectivity index (χ4v) is 4.11. The molecule has 1 nitrogen and oxygen atoms in total. The van der Waals surface area contributed by atoms with Crippen LogP contribution in [-0.2, 0) is 4.79 Å². The molecule has 0 aliphatic heterocycles. The summed E-state index contributed by atoms with van der Waals surface area (Å²) in [5, 5.41) is 0. The number of carbonyl (C=O) groups excluding carboxylic acids is 1. The van der Waals surface area contributed by atoms with Gasteiger partial charge in [-0.3, -0.25) is 0 Å². The normalized spacial score (nSPS) is 77.4. The molecule has 0 aromatic heterocycles. The molecule has 0 radical (unpaired) electrons. The number of allylic oxidation sites excluding steroid dienone is 2. The zero-order chi connectivity index (χ0) is 6.51. The molecular formula is C9H8O. The Labute approximate surface area is 59.1 Å². The highest BCUT2D eigenvalue weighted by Gasteiger charge is 2.91. The molecule has 4 atom stereocenters. The van der Waals surface area contributed by atoms with E-state index < -0.39 is 0 Å². The van der Waals surface area contributed by atoms with E-state index in [0.717, 1.165) is 17.8 Å². The van der Waals surface area contributed by atoms with Crippen LogP contribution in [0.4, 0.5) is 0 Å². The second-order valence-corrected chi connectivity index (χ2v) is 4.23. The first kappa shape index (κ1) is 4.32. The van der Waals surface area contributed by atoms with Crippen LogP contribution in [0, 0.1) is 35.0 Å². The smallest absolute Gasteiger partial charge is 0.127 e. The van der Waals surface area contributed by atoms with Crippen molar-refractivity contribution in [2.75, 3.05) is 0 Å². The molecule has 0 heterocycles. The van der Waals surface area contributed by atoms with Crippen molar-refractivity contribution < 1.29 is 4.79 Å². The summed E-state index contributed by atoms with van der Waals surface area (Å²) in [6.45, 7) is 0. The zero-order valence-electron chi connectivity index (χ0n) is 5.53. The van der Waals surface area contributed by atoms with Crippen LogP contribution < -0.4 is 0 Å². The summed E-state index contributed by atoms with van der Waals surface area (Å²) >= 11 is 0. The molecule has 4 aliphatic rings. The Balaban J connectivity index is 2.02. The van der Waals surface area contributed by atoms with Crippen LogP contribution in [0.15, 0.2) is 12.2 Å². The van der Waals surface area contributed by atoms with Gasteiger partial charge in [-0.25, -0.2) is 0 Å². The Morgan fingerprint density at radius 3 is 2.20 bits per heavy atom. The number of fused-ring (bicyclic) bond motifs is 3. The second-order valence-electron chi connectivity index (χ2n) is 4.23. The lowest BCUT2D eigenvalue weighted by molar-refractivity contribution is -0.131. The molecule has 1 heteroatoms. The Morgan fingerprint density at radius 1 is 1.20 bits per heavy atom. The lowest BCUT2D eigenvalue weighted by atomic mass is 9.55. The van der Waals surface area contributed by atoms with Gasteiger partial charge in [-0.1, -0.05) is 12.2 Å². The first-order chi connectivity index (χ1) is 4.91. The number of hydrogen-bond acceptors (Lipinski definition) is 1. The van der Waals surface area contributed by atoms with Crippen molar-refractivity contribution in [3.63, 3.8) is 0 Å². The van der Waals surface area contributed by atoms with Gasteiger partial charge < -0.3 is 4.79 Å². The van der Waals surface area contributed by atoms with Crippen LogP contribution >= 0.6 is 0 Å². The first-order valence-corrected chi connectivity index (χ1v) is 4.06. The highest BCUT2D eigenvalue weighted by atomic mass is 16.1. The number of carbonyl (C=O) groups is 1. The van der Waals surface area contributed by atoms with Gasteiger partial charge in [0.15, 0.2) is 0 Å². The Hall–Kier alpha value is -0.590. The SMILES string of the molecule is O=CC12C3C=CC1C1C3C12. The monoisotopic (exact) mass is 132 g/mol. The molecule has 0 bridgehead atoms. The van der Waals surface area contributed by atoms with Gasteiger partial charge in [-0.05, 0) is 29.6 Å². The number of hydrogen-bond donors (Lipinski definition) is 0. The van der Waals surface area contributed by atoms with Crippen molar-refractivity contribution in [2.24, 2.45) is 35.0 Å². The molecule has 0 spiro atoms. The maximum absolute atomic E-state index is 10.8. The summed E-state index contributed by atoms with van der Waals surface area (Å²) < 4.78 is 0. The van der Waals surface area contributed by atoms with Crippen molar-refractivity contribution in [1.29, 1.82) is 0 Å². The van der Waals surface area contributed by atoms with Gasteiger partial charge in [-0.15, -0.1) is 0 Å². The first-order valence-electron chi connectivity index (χ1n) is 4.06. The lowest BCUT2D eigenvalue weighted by Gasteiger charge is -2.46. The van der Waals surface area contributed by atoms with Crippen LogP contribution in [0.3, 0.4) is 0 Å². The summed E-state index contributed by atoms with van der Waals surface area (Å²) in [7, 11) is 0. The van der Waals surface area contributed by atoms with Gasteiger partial charge >= 0.3 is 0 Å². The molecule has 3 fully saturated rings. The van der Waals surface area contributed by atoms with E-state index in [2.05, 4.69) is 12.2 Å². The third-order valence-corrected chi connectivity index (χ3v) is 4.42. The molecule has 0 saturated heterocycles. The molecule has 4 aliphatic carbocycles. The van der Waals surface area contributed by atoms with Crippen LogP contribution in [0.2, 0.25) is 0 Å². The highest BCUT2D eigenvalue weighted by molar-refractivity contribution is 5.74. The van der Waals surface area contributed by atoms with E-state index in [1.807, 2.05) is 0 Å². The Kier molecular flexibility index (Phi) is 0.364. The molecule has 4 rings (SSSR count). The summed E-state index contributed by atoms with van der Waals surface area (Å²) in [5.41, 5.74) is 0.176. The van der Waals surface area contributed by atoms with Crippen LogP contribution in [0.25, 0.3) is 0 Å². The van der Waals surface area contributed by atoms with Gasteiger partial charge in [0.2, 0.25) is 0 Å². The quantitative estimate of drug-likeness (QED) is 0.382. The average molecular weight is 132 g/mol. The van der Waals surface area contributed by atoms with E-state index in [9.17, 15) is 4.79 Å². The van der Waals surface area contributed by atoms with Crippen molar-refractivity contribution in [3.8, 4) is 0 Å². The Bertz CT molecular complexity index is 258. The zero-order valence-corrected chi connectivity index (χ0v) is 5.53. The number of rotatable bonds is 1. The summed E-state index contributed by atoms with van der Waals surface area (Å²) in [5.74, 6) is 4.13. The predicted molar refractivity (Wildman–Crippen MR) is 35.1 cm³/mol. The van der Waals surface area contributed by atoms with Crippen LogP contribution in [0.1, 0.15) is 0 Å². The van der Waals surface area contributed by atoms with Crippen LogP contribution in [-0.4, -0.2) is 6.29 Å². The van der Waals surface area contributed by atoms with E-state index in [-0.39, 0.29) is 5.41 Å². The van der Waals surface area contributed by atoms with Crippen molar-refractivity contribution in [2.45, 2.75) is 0 Å². The van der Waals surface area contributed by atoms with E-state index in [4.69, 9.17) is 0 Å². The average Bonchev–Trinajstić information content (AvgIpc) is 2.41. The maximum Gasteiger partial charge on any atom is 0.127 e. The fourth-order valence-electron chi connectivity index (χ4n) is 4.11. The second kappa shape index (κ2) is 0.843. The molecule has 50 valence electrons. The Morgan fingerprint density at radius 2 is 1.80 bits per heavy atom. The van der Waals surface area contributed by atoms with Crippen molar-refractivity contribution in [1.82, 2.24) is 0 Å². The number of aldehydes is 1. The van der Waals surface area contributed by atoms with Crippen molar-refractivity contribution in [3.05, 3.63) is 12.2 Å². The summed E-state index contributed by atoms with van der Waals surface area (Å²) in [6, 6.07) is 0. The third kappa shape index (κ3) is 0.162. The fraction of sp³-hybridized carbons (Fsp3) is 0.667. The minimum absolute atomic E-state index is 0.176. The molecule has 4 unspecified atom stereocenters. The van der Waals surface area contributed by atoms with Gasteiger partial charge in [0.05, 0.1) is 0 Å². The van der Waals surface area contributed by atoms with Gasteiger partial charge in [-0.2, -0.15) is 0 Å². The van der Waals surface area contributed by atoms with Gasteiger partial charge in [0.25, 0.3) is 0 Å². The predicted octanol–water partition coefficient (Wildman–Crippen LogP) is 0.863. The molecule has 0 N–H and O–H groups in total. The molecule has 3 saturated carbocycles. The lowest BCUT2D eigenvalue weighted by Crippen LogP contribution is -2.48. The van der Waals surface area contributed by atoms with E-state index in [1.54, 1.807) is 0 Å². The van der Waals surface area contributed by atoms with E-state index in [0.29, 0.717) is 11.8 Å². The topological polar surface area (TPSA) is 17.1 Å². The van der Waals surface area contributed by atoms with Crippen LogP contribution in [0.5, 0.6) is 0 Å². The third-order valence-electron chi connectivity index (χ3n) is 4.42. The minimum atomic E-state index is 0.176. The maximum atomic E-state index is 10.8. The van der Waals surface area contributed by atoms with Crippen molar-refractivity contribution >= 4 is 6.29 Å².